The number of benzene rings is 2. The van der Waals surface area contributed by atoms with Crippen LogP contribution in [0.15, 0.2) is 70.5 Å². The van der Waals surface area contributed by atoms with Gasteiger partial charge in [-0.05, 0) is 30.2 Å². The Labute approximate surface area is 189 Å². The number of aromatic nitrogens is 1. The number of thioether (sulfide) groups is 1. The summed E-state index contributed by atoms with van der Waals surface area (Å²) in [6, 6.07) is 17.5. The van der Waals surface area contributed by atoms with E-state index in [1.54, 1.807) is 10.4 Å². The van der Waals surface area contributed by atoms with Crippen molar-refractivity contribution in [1.29, 1.82) is 0 Å². The highest BCUT2D eigenvalue weighted by Crippen LogP contribution is 2.33. The lowest BCUT2D eigenvalue weighted by molar-refractivity contribution is -0.129. The molecular formula is C23H22N4O2S2. The summed E-state index contributed by atoms with van der Waals surface area (Å²) >= 11 is 2.83. The first-order valence-corrected chi connectivity index (χ1v) is 11.7. The van der Waals surface area contributed by atoms with Crippen LogP contribution in [0.25, 0.3) is 0 Å². The number of hydrogen-bond donors (Lipinski definition) is 1. The third kappa shape index (κ3) is 5.59. The molecule has 158 valence electrons. The number of carbonyl (C=O) groups excluding carboxylic acids is 2. The molecule has 31 heavy (non-hydrogen) atoms. The molecule has 1 N–H and O–H groups in total. The zero-order chi connectivity index (χ0) is 21.6. The number of nitrogens with zero attached hydrogens (tertiary/aromatic N) is 3. The van der Waals surface area contributed by atoms with E-state index in [9.17, 15) is 9.59 Å². The molecule has 6 nitrogen and oxygen atoms in total. The van der Waals surface area contributed by atoms with Gasteiger partial charge in [0.2, 0.25) is 11.8 Å². The third-order valence-electron chi connectivity index (χ3n) is 4.75. The van der Waals surface area contributed by atoms with Crippen molar-refractivity contribution in [3.05, 3.63) is 82.3 Å². The molecule has 0 spiro atoms. The molecule has 1 aliphatic heterocycles. The van der Waals surface area contributed by atoms with Gasteiger partial charge in [0, 0.05) is 18.3 Å². The minimum absolute atomic E-state index is 0.108. The first-order valence-electron chi connectivity index (χ1n) is 9.89. The molecule has 2 aromatic carbocycles. The van der Waals surface area contributed by atoms with Crippen molar-refractivity contribution in [2.45, 2.75) is 31.7 Å². The lowest BCUT2D eigenvalue weighted by Gasteiger charge is -2.15. The highest BCUT2D eigenvalue weighted by Gasteiger charge is 2.39. The van der Waals surface area contributed by atoms with Gasteiger partial charge in [0.15, 0.2) is 5.17 Å². The van der Waals surface area contributed by atoms with Crippen molar-refractivity contribution >= 4 is 45.8 Å². The summed E-state index contributed by atoms with van der Waals surface area (Å²) in [6.45, 7) is 2.80. The minimum atomic E-state index is -0.502. The number of amidine groups is 1. The fraction of sp³-hybridized carbons (Fsp3) is 0.217. The van der Waals surface area contributed by atoms with E-state index >= 15 is 0 Å². The van der Waals surface area contributed by atoms with Crippen molar-refractivity contribution in [2.24, 2.45) is 4.99 Å². The van der Waals surface area contributed by atoms with Crippen molar-refractivity contribution in [1.82, 2.24) is 15.2 Å². The van der Waals surface area contributed by atoms with Gasteiger partial charge in [0.05, 0.1) is 23.4 Å². The molecule has 1 atom stereocenters. The fourth-order valence-corrected chi connectivity index (χ4v) is 4.90. The lowest BCUT2D eigenvalue weighted by atomic mass is 10.2. The van der Waals surface area contributed by atoms with Gasteiger partial charge < -0.3 is 5.32 Å². The van der Waals surface area contributed by atoms with Crippen LogP contribution in [-0.4, -0.2) is 32.1 Å². The van der Waals surface area contributed by atoms with E-state index in [0.717, 1.165) is 22.5 Å². The SMILES string of the molecule is Cc1cccc(N=C2SC(CC(=O)NCc3ccccc3)C(=O)N2Cc2cscn2)c1. The van der Waals surface area contributed by atoms with Gasteiger partial charge in [-0.15, -0.1) is 11.3 Å². The molecule has 8 heteroatoms. The molecule has 0 saturated carbocycles. The van der Waals surface area contributed by atoms with E-state index in [1.165, 1.54) is 23.1 Å². The van der Waals surface area contributed by atoms with Crippen LogP contribution in [-0.2, 0) is 22.7 Å². The van der Waals surface area contributed by atoms with E-state index in [-0.39, 0.29) is 18.2 Å². The average molecular weight is 451 g/mol. The Bertz CT molecular complexity index is 1080. The number of nitrogens with one attached hydrogen (secondary N) is 1. The Morgan fingerprint density at radius 1 is 1.19 bits per heavy atom. The van der Waals surface area contributed by atoms with Gasteiger partial charge in [0.25, 0.3) is 0 Å². The second-order valence-corrected chi connectivity index (χ2v) is 9.10. The van der Waals surface area contributed by atoms with Crippen LogP contribution in [0.5, 0.6) is 0 Å². The van der Waals surface area contributed by atoms with Crippen molar-refractivity contribution < 1.29 is 9.59 Å². The summed E-state index contributed by atoms with van der Waals surface area (Å²) in [5.74, 6) is -0.264. The number of aryl methyl sites for hydroxylation is 1. The van der Waals surface area contributed by atoms with Gasteiger partial charge in [-0.3, -0.25) is 14.5 Å². The van der Waals surface area contributed by atoms with Crippen LogP contribution >= 0.6 is 23.1 Å². The van der Waals surface area contributed by atoms with E-state index in [1.807, 2.05) is 66.9 Å². The maximum absolute atomic E-state index is 13.1. The molecular weight excluding hydrogens is 428 g/mol. The van der Waals surface area contributed by atoms with Crippen LogP contribution in [0.1, 0.15) is 23.2 Å². The summed E-state index contributed by atoms with van der Waals surface area (Å²) in [4.78, 5) is 36.3. The molecule has 1 aromatic heterocycles. The van der Waals surface area contributed by atoms with Gasteiger partial charge in [-0.1, -0.05) is 54.2 Å². The maximum atomic E-state index is 13.1. The Morgan fingerprint density at radius 3 is 2.77 bits per heavy atom. The molecule has 2 heterocycles. The van der Waals surface area contributed by atoms with Crippen molar-refractivity contribution in [3.8, 4) is 0 Å². The summed E-state index contributed by atoms with van der Waals surface area (Å²) < 4.78 is 0. The normalized spacial score (nSPS) is 17.3. The molecule has 0 radical (unpaired) electrons. The zero-order valence-corrected chi connectivity index (χ0v) is 18.7. The summed E-state index contributed by atoms with van der Waals surface area (Å²) in [6.07, 6.45) is 0.108. The number of hydrogen-bond acceptors (Lipinski definition) is 6. The molecule has 1 aliphatic rings. The first-order chi connectivity index (χ1) is 15.1. The third-order valence-corrected chi connectivity index (χ3v) is 6.56. The number of aliphatic imine (C=N–C) groups is 1. The van der Waals surface area contributed by atoms with E-state index in [0.29, 0.717) is 18.3 Å². The predicted molar refractivity (Wildman–Crippen MR) is 125 cm³/mol. The quantitative estimate of drug-likeness (QED) is 0.583. The Hall–Kier alpha value is -2.97. The minimum Gasteiger partial charge on any atom is -0.352 e. The Morgan fingerprint density at radius 2 is 2.03 bits per heavy atom. The molecule has 2 amide bonds. The van der Waals surface area contributed by atoms with Crippen LogP contribution in [0, 0.1) is 6.92 Å². The van der Waals surface area contributed by atoms with E-state index < -0.39 is 5.25 Å². The second kappa shape index (κ2) is 9.89. The largest absolute Gasteiger partial charge is 0.352 e. The van der Waals surface area contributed by atoms with Gasteiger partial charge in [0.1, 0.15) is 5.25 Å². The van der Waals surface area contributed by atoms with Gasteiger partial charge in [-0.25, -0.2) is 9.98 Å². The lowest BCUT2D eigenvalue weighted by Crippen LogP contribution is -2.34. The first kappa shape index (κ1) is 21.3. The predicted octanol–water partition coefficient (Wildman–Crippen LogP) is 4.29. The summed E-state index contributed by atoms with van der Waals surface area (Å²) in [5, 5.41) is 4.92. The van der Waals surface area contributed by atoms with Gasteiger partial charge >= 0.3 is 0 Å². The van der Waals surface area contributed by atoms with Crippen molar-refractivity contribution in [3.63, 3.8) is 0 Å². The molecule has 3 aromatic rings. The standard InChI is InChI=1S/C23H22N4O2S2/c1-16-6-5-9-18(10-16)26-23-27(13-19-14-30-15-25-19)22(29)20(31-23)11-21(28)24-12-17-7-3-2-4-8-17/h2-10,14-15,20H,11-13H2,1H3,(H,24,28). The Kier molecular flexibility index (Phi) is 6.79. The average Bonchev–Trinajstić information content (AvgIpc) is 3.38. The Balaban J connectivity index is 1.48. The number of rotatable bonds is 7. The summed E-state index contributed by atoms with van der Waals surface area (Å²) in [5.41, 5.74) is 5.46. The highest BCUT2D eigenvalue weighted by molar-refractivity contribution is 8.15. The number of carbonyl (C=O) groups is 2. The molecule has 4 rings (SSSR count). The summed E-state index contributed by atoms with van der Waals surface area (Å²) in [7, 11) is 0. The van der Waals surface area contributed by atoms with Crippen LogP contribution in [0.3, 0.4) is 0 Å². The van der Waals surface area contributed by atoms with E-state index in [2.05, 4.69) is 10.3 Å². The maximum Gasteiger partial charge on any atom is 0.243 e. The van der Waals surface area contributed by atoms with Crippen LogP contribution in [0.4, 0.5) is 5.69 Å². The number of amides is 2. The second-order valence-electron chi connectivity index (χ2n) is 7.21. The highest BCUT2D eigenvalue weighted by atomic mass is 32.2. The monoisotopic (exact) mass is 450 g/mol. The molecule has 0 aliphatic carbocycles. The molecule has 1 saturated heterocycles. The van der Waals surface area contributed by atoms with E-state index in [4.69, 9.17) is 4.99 Å². The fourth-order valence-electron chi connectivity index (χ4n) is 3.19. The van der Waals surface area contributed by atoms with Crippen LogP contribution in [0.2, 0.25) is 0 Å². The zero-order valence-electron chi connectivity index (χ0n) is 17.0. The molecule has 1 unspecified atom stereocenters. The molecule has 0 bridgehead atoms. The van der Waals surface area contributed by atoms with Crippen LogP contribution < -0.4 is 5.32 Å². The number of thiazole rings is 1. The smallest absolute Gasteiger partial charge is 0.243 e. The van der Waals surface area contributed by atoms with Gasteiger partial charge in [-0.2, -0.15) is 0 Å². The van der Waals surface area contributed by atoms with Crippen molar-refractivity contribution in [2.75, 3.05) is 0 Å². The topological polar surface area (TPSA) is 74.7 Å². The molecule has 1 fully saturated rings.